The van der Waals surface area contributed by atoms with Crippen molar-refractivity contribution in [2.75, 3.05) is 18.1 Å². The first-order chi connectivity index (χ1) is 13.1. The molecule has 3 aromatic carbocycles. The Kier molecular flexibility index (Phi) is 3.44. The van der Waals surface area contributed by atoms with Gasteiger partial charge in [0.05, 0.1) is 17.5 Å². The molecule has 0 amide bonds. The summed E-state index contributed by atoms with van der Waals surface area (Å²) in [7, 11) is 0. The molecule has 2 heterocycles. The molecule has 4 N–H and O–H groups in total. The minimum atomic E-state index is 0.176. The van der Waals surface area contributed by atoms with E-state index in [4.69, 9.17) is 16.2 Å². The molecule has 0 unspecified atom stereocenters. The van der Waals surface area contributed by atoms with E-state index in [1.54, 1.807) is 0 Å². The van der Waals surface area contributed by atoms with Gasteiger partial charge in [-0.2, -0.15) is 4.98 Å². The first kappa shape index (κ1) is 15.9. The molecule has 0 fully saturated rings. The number of hydrogen-bond acceptors (Lipinski definition) is 5. The molecule has 5 nitrogen and oxygen atoms in total. The standard InChI is InChI=1S/C22H20N4O/c1-12-8-9-15(14-6-3-2-5-13(12)14)17-11-18-19(21(23)26-22(24)25-18)20-16(17)7-4-10-27-20/h2-3,5-6,8-9,11H,4,7,10H2,1H3,(H4,23,24,25,26). The number of anilines is 2. The highest BCUT2D eigenvalue weighted by atomic mass is 16.5. The molecule has 5 rings (SSSR count). The molecule has 1 aromatic heterocycles. The van der Waals surface area contributed by atoms with Gasteiger partial charge >= 0.3 is 0 Å². The van der Waals surface area contributed by atoms with Crippen molar-refractivity contribution in [2.24, 2.45) is 0 Å². The second-order valence-electron chi connectivity index (χ2n) is 7.02. The van der Waals surface area contributed by atoms with Crippen molar-refractivity contribution in [1.82, 2.24) is 9.97 Å². The van der Waals surface area contributed by atoms with Gasteiger partial charge in [-0.05, 0) is 53.3 Å². The number of aromatic nitrogens is 2. The third-order valence-corrected chi connectivity index (χ3v) is 5.34. The molecule has 0 bridgehead atoms. The van der Waals surface area contributed by atoms with Crippen LogP contribution in [0.1, 0.15) is 17.5 Å². The summed E-state index contributed by atoms with van der Waals surface area (Å²) in [6, 6.07) is 14.9. The third-order valence-electron chi connectivity index (χ3n) is 5.34. The Hall–Kier alpha value is -3.34. The molecule has 0 saturated heterocycles. The van der Waals surface area contributed by atoms with Crippen LogP contribution in [0.25, 0.3) is 32.8 Å². The minimum Gasteiger partial charge on any atom is -0.492 e. The minimum absolute atomic E-state index is 0.176. The van der Waals surface area contributed by atoms with Crippen molar-refractivity contribution < 1.29 is 4.74 Å². The van der Waals surface area contributed by atoms with Crippen LogP contribution >= 0.6 is 0 Å². The predicted octanol–water partition coefficient (Wildman–Crippen LogP) is 4.25. The number of fused-ring (bicyclic) bond motifs is 4. The van der Waals surface area contributed by atoms with Gasteiger partial charge < -0.3 is 16.2 Å². The molecule has 0 atom stereocenters. The summed E-state index contributed by atoms with van der Waals surface area (Å²) in [5.74, 6) is 1.35. The quantitative estimate of drug-likeness (QED) is 0.532. The lowest BCUT2D eigenvalue weighted by Crippen LogP contribution is -2.12. The van der Waals surface area contributed by atoms with Crippen molar-refractivity contribution in [3.8, 4) is 16.9 Å². The van der Waals surface area contributed by atoms with Crippen LogP contribution in [0.15, 0.2) is 42.5 Å². The van der Waals surface area contributed by atoms with Crippen molar-refractivity contribution in [2.45, 2.75) is 19.8 Å². The van der Waals surface area contributed by atoms with Crippen molar-refractivity contribution in [3.05, 3.63) is 53.6 Å². The zero-order valence-corrected chi connectivity index (χ0v) is 15.1. The predicted molar refractivity (Wildman–Crippen MR) is 110 cm³/mol. The van der Waals surface area contributed by atoms with Gasteiger partial charge in [0, 0.05) is 5.56 Å². The maximum Gasteiger partial charge on any atom is 0.222 e. The van der Waals surface area contributed by atoms with Crippen LogP contribution in [-0.4, -0.2) is 16.6 Å². The Labute approximate surface area is 157 Å². The van der Waals surface area contributed by atoms with Gasteiger partial charge in [-0.25, -0.2) is 4.98 Å². The van der Waals surface area contributed by atoms with E-state index in [0.29, 0.717) is 12.4 Å². The Morgan fingerprint density at radius 2 is 1.78 bits per heavy atom. The third kappa shape index (κ3) is 2.39. The van der Waals surface area contributed by atoms with Crippen molar-refractivity contribution in [1.29, 1.82) is 0 Å². The lowest BCUT2D eigenvalue weighted by Gasteiger charge is -2.23. The lowest BCUT2D eigenvalue weighted by atomic mass is 9.89. The van der Waals surface area contributed by atoms with Gasteiger partial charge in [-0.15, -0.1) is 0 Å². The number of nitrogens with zero attached hydrogens (tertiary/aromatic N) is 2. The van der Waals surface area contributed by atoms with E-state index in [9.17, 15) is 0 Å². The monoisotopic (exact) mass is 356 g/mol. The normalized spacial score (nSPS) is 13.5. The van der Waals surface area contributed by atoms with Crippen LogP contribution in [0.5, 0.6) is 5.75 Å². The van der Waals surface area contributed by atoms with Crippen molar-refractivity contribution >= 4 is 33.4 Å². The average Bonchev–Trinajstić information content (AvgIpc) is 2.67. The number of nitrogens with two attached hydrogens (primary N) is 2. The van der Waals surface area contributed by atoms with Gasteiger partial charge in [-0.3, -0.25) is 0 Å². The number of nitrogen functional groups attached to an aromatic ring is 2. The summed E-state index contributed by atoms with van der Waals surface area (Å²) >= 11 is 0. The zero-order valence-electron chi connectivity index (χ0n) is 15.1. The molecule has 0 spiro atoms. The number of ether oxygens (including phenoxy) is 1. The first-order valence-electron chi connectivity index (χ1n) is 9.13. The van der Waals surface area contributed by atoms with E-state index in [2.05, 4.69) is 59.4 Å². The summed E-state index contributed by atoms with van der Waals surface area (Å²) in [5.41, 5.74) is 17.5. The molecule has 1 aliphatic heterocycles. The van der Waals surface area contributed by atoms with Gasteiger partial charge in [0.1, 0.15) is 11.6 Å². The Morgan fingerprint density at radius 1 is 0.963 bits per heavy atom. The van der Waals surface area contributed by atoms with E-state index < -0.39 is 0 Å². The Morgan fingerprint density at radius 3 is 2.63 bits per heavy atom. The smallest absolute Gasteiger partial charge is 0.222 e. The Balaban J connectivity index is 1.91. The van der Waals surface area contributed by atoms with Crippen LogP contribution < -0.4 is 16.2 Å². The zero-order chi connectivity index (χ0) is 18.5. The molecule has 0 aliphatic carbocycles. The van der Waals surface area contributed by atoms with Crippen LogP contribution in [-0.2, 0) is 6.42 Å². The largest absolute Gasteiger partial charge is 0.492 e. The number of benzene rings is 3. The SMILES string of the molecule is Cc1ccc(-c2cc3nc(N)nc(N)c3c3c2CCCO3)c2ccccc12. The number of aryl methyl sites for hydroxylation is 1. The second kappa shape index (κ2) is 5.84. The molecule has 4 aromatic rings. The highest BCUT2D eigenvalue weighted by Gasteiger charge is 2.23. The fraction of sp³-hybridized carbons (Fsp3) is 0.182. The van der Waals surface area contributed by atoms with Gasteiger partial charge in [0.25, 0.3) is 0 Å². The molecule has 27 heavy (non-hydrogen) atoms. The summed E-state index contributed by atoms with van der Waals surface area (Å²) < 4.78 is 6.05. The molecule has 134 valence electrons. The maximum absolute atomic E-state index is 6.17. The van der Waals surface area contributed by atoms with E-state index >= 15 is 0 Å². The highest BCUT2D eigenvalue weighted by Crippen LogP contribution is 2.43. The van der Waals surface area contributed by atoms with E-state index in [0.717, 1.165) is 35.1 Å². The summed E-state index contributed by atoms with van der Waals surface area (Å²) in [4.78, 5) is 8.57. The highest BCUT2D eigenvalue weighted by molar-refractivity contribution is 6.04. The molecule has 1 aliphatic rings. The maximum atomic E-state index is 6.17. The van der Waals surface area contributed by atoms with Crippen molar-refractivity contribution in [3.63, 3.8) is 0 Å². The lowest BCUT2D eigenvalue weighted by molar-refractivity contribution is 0.292. The summed E-state index contributed by atoms with van der Waals surface area (Å²) in [6.45, 7) is 2.81. The fourth-order valence-corrected chi connectivity index (χ4v) is 4.10. The van der Waals surface area contributed by atoms with E-state index in [-0.39, 0.29) is 5.95 Å². The molecular weight excluding hydrogens is 336 g/mol. The summed E-state index contributed by atoms with van der Waals surface area (Å²) in [6.07, 6.45) is 1.91. The molecule has 0 saturated carbocycles. The second-order valence-corrected chi connectivity index (χ2v) is 7.02. The topological polar surface area (TPSA) is 87.0 Å². The fourth-order valence-electron chi connectivity index (χ4n) is 4.10. The van der Waals surface area contributed by atoms with E-state index in [1.807, 2.05) is 0 Å². The van der Waals surface area contributed by atoms with Crippen LogP contribution in [0.3, 0.4) is 0 Å². The van der Waals surface area contributed by atoms with Gasteiger partial charge in [0.15, 0.2) is 0 Å². The van der Waals surface area contributed by atoms with Crippen LogP contribution in [0, 0.1) is 6.92 Å². The average molecular weight is 356 g/mol. The molecule has 5 heteroatoms. The summed E-state index contributed by atoms with van der Waals surface area (Å²) in [5, 5.41) is 3.24. The Bertz CT molecular complexity index is 1220. The van der Waals surface area contributed by atoms with Gasteiger partial charge in [-0.1, -0.05) is 36.4 Å². The van der Waals surface area contributed by atoms with Crippen LogP contribution in [0.4, 0.5) is 11.8 Å². The van der Waals surface area contributed by atoms with Gasteiger partial charge in [0.2, 0.25) is 5.95 Å². The first-order valence-corrected chi connectivity index (χ1v) is 9.13. The number of rotatable bonds is 1. The van der Waals surface area contributed by atoms with E-state index in [1.165, 1.54) is 27.5 Å². The molecule has 0 radical (unpaired) electrons. The molecular formula is C22H20N4O. The van der Waals surface area contributed by atoms with Crippen LogP contribution in [0.2, 0.25) is 0 Å². The number of hydrogen-bond donors (Lipinski definition) is 2.